The number of rotatable bonds is 6. The second-order valence-corrected chi connectivity index (χ2v) is 8.05. The number of fused-ring (bicyclic) bond motifs is 2. The second-order valence-electron chi connectivity index (χ2n) is 6.87. The number of nitrogens with one attached hydrogen (secondary N) is 1. The molecule has 6 nitrogen and oxygen atoms in total. The Morgan fingerprint density at radius 2 is 1.96 bits per heavy atom. The van der Waals surface area contributed by atoms with Crippen LogP contribution in [0.25, 0.3) is 15.9 Å². The van der Waals surface area contributed by atoms with Gasteiger partial charge in [0.05, 0.1) is 5.69 Å². The van der Waals surface area contributed by atoms with Gasteiger partial charge in [-0.05, 0) is 32.4 Å². The number of para-hydroxylation sites is 1. The molecule has 27 heavy (non-hydrogen) atoms. The van der Waals surface area contributed by atoms with Gasteiger partial charge in [0, 0.05) is 46.5 Å². The normalized spacial score (nSPS) is 11.7. The highest BCUT2D eigenvalue weighted by molar-refractivity contribution is 7.17. The number of primary amides is 1. The van der Waals surface area contributed by atoms with Gasteiger partial charge in [-0.2, -0.15) is 0 Å². The summed E-state index contributed by atoms with van der Waals surface area (Å²) in [6.45, 7) is 7.88. The first-order valence-electron chi connectivity index (χ1n) is 8.95. The first-order chi connectivity index (χ1) is 13.0. The third-order valence-electron chi connectivity index (χ3n) is 5.12. The quantitative estimate of drug-likeness (QED) is 0.539. The predicted octanol–water partition coefficient (Wildman–Crippen LogP) is 3.05. The van der Waals surface area contributed by atoms with Crippen molar-refractivity contribution >= 4 is 33.1 Å². The number of carbonyl (C=O) groups is 1. The molecular formula is C20H23N5OS. The Labute approximate surface area is 161 Å². The van der Waals surface area contributed by atoms with Crippen LogP contribution in [0.1, 0.15) is 27.5 Å². The molecule has 0 radical (unpaired) electrons. The van der Waals surface area contributed by atoms with E-state index in [0.29, 0.717) is 13.1 Å². The molecule has 4 rings (SSSR count). The zero-order chi connectivity index (χ0) is 19.1. The monoisotopic (exact) mass is 381 g/mol. The summed E-state index contributed by atoms with van der Waals surface area (Å²) < 4.78 is 4.15. The van der Waals surface area contributed by atoms with E-state index in [9.17, 15) is 4.79 Å². The molecule has 140 valence electrons. The van der Waals surface area contributed by atoms with Crippen LogP contribution in [0.3, 0.4) is 0 Å². The summed E-state index contributed by atoms with van der Waals surface area (Å²) in [5, 5.41) is 4.66. The van der Waals surface area contributed by atoms with Crippen LogP contribution in [0, 0.1) is 20.8 Å². The summed E-state index contributed by atoms with van der Waals surface area (Å²) in [5.74, 6) is -0.331. The number of nitrogens with two attached hydrogens (primary N) is 1. The van der Waals surface area contributed by atoms with Crippen LogP contribution < -0.4 is 11.1 Å². The summed E-state index contributed by atoms with van der Waals surface area (Å²) in [5.41, 5.74) is 11.0. The molecule has 0 atom stereocenters. The Balaban J connectivity index is 1.56. The van der Waals surface area contributed by atoms with Crippen molar-refractivity contribution in [2.45, 2.75) is 40.4 Å². The fourth-order valence-electron chi connectivity index (χ4n) is 3.59. The molecule has 0 spiro atoms. The maximum atomic E-state index is 11.5. The lowest BCUT2D eigenvalue weighted by atomic mass is 10.1. The Kier molecular flexibility index (Phi) is 4.49. The van der Waals surface area contributed by atoms with E-state index in [1.54, 1.807) is 11.3 Å². The molecule has 4 aromatic rings. The van der Waals surface area contributed by atoms with Gasteiger partial charge < -0.3 is 15.6 Å². The minimum Gasteiger partial charge on any atom is -0.368 e. The minimum atomic E-state index is -0.331. The smallest absolute Gasteiger partial charge is 0.237 e. The highest BCUT2D eigenvalue weighted by Crippen LogP contribution is 2.26. The van der Waals surface area contributed by atoms with E-state index in [2.05, 4.69) is 35.8 Å². The van der Waals surface area contributed by atoms with E-state index in [-0.39, 0.29) is 12.5 Å². The molecule has 1 aromatic carbocycles. The summed E-state index contributed by atoms with van der Waals surface area (Å²) in [6, 6.07) is 8.13. The zero-order valence-electron chi connectivity index (χ0n) is 15.7. The van der Waals surface area contributed by atoms with E-state index in [4.69, 9.17) is 10.7 Å². The van der Waals surface area contributed by atoms with Crippen molar-refractivity contribution in [2.24, 2.45) is 5.73 Å². The van der Waals surface area contributed by atoms with E-state index in [1.807, 2.05) is 29.7 Å². The number of nitrogens with zero attached hydrogens (tertiary/aromatic N) is 3. The van der Waals surface area contributed by atoms with Gasteiger partial charge in [-0.25, -0.2) is 4.98 Å². The first kappa shape index (κ1) is 17.8. The van der Waals surface area contributed by atoms with Crippen LogP contribution in [0.2, 0.25) is 0 Å². The Morgan fingerprint density at radius 1 is 1.19 bits per heavy atom. The molecule has 0 aliphatic rings. The van der Waals surface area contributed by atoms with Crippen LogP contribution in [0.5, 0.6) is 0 Å². The molecule has 3 heterocycles. The summed E-state index contributed by atoms with van der Waals surface area (Å²) in [4.78, 5) is 18.5. The number of aryl methyl sites for hydroxylation is 2. The lowest BCUT2D eigenvalue weighted by Gasteiger charge is -2.07. The van der Waals surface area contributed by atoms with Gasteiger partial charge in [-0.3, -0.25) is 9.20 Å². The summed E-state index contributed by atoms with van der Waals surface area (Å²) in [6.07, 6.45) is 2.10. The second kappa shape index (κ2) is 6.83. The Hall–Kier alpha value is -2.64. The topological polar surface area (TPSA) is 77.3 Å². The average Bonchev–Trinajstić information content (AvgIpc) is 3.23. The highest BCUT2D eigenvalue weighted by Gasteiger charge is 2.15. The van der Waals surface area contributed by atoms with E-state index in [1.165, 1.54) is 16.1 Å². The van der Waals surface area contributed by atoms with Crippen molar-refractivity contribution in [2.75, 3.05) is 0 Å². The molecule has 0 aliphatic carbocycles. The van der Waals surface area contributed by atoms with Gasteiger partial charge >= 0.3 is 0 Å². The average molecular weight is 382 g/mol. The van der Waals surface area contributed by atoms with Crippen LogP contribution in [0.15, 0.2) is 30.5 Å². The molecule has 0 saturated heterocycles. The van der Waals surface area contributed by atoms with Gasteiger partial charge in [0.2, 0.25) is 5.91 Å². The maximum absolute atomic E-state index is 11.5. The third kappa shape index (κ3) is 3.13. The van der Waals surface area contributed by atoms with Gasteiger partial charge in [-0.15, -0.1) is 11.3 Å². The van der Waals surface area contributed by atoms with Gasteiger partial charge in [0.15, 0.2) is 4.96 Å². The van der Waals surface area contributed by atoms with E-state index >= 15 is 0 Å². The van der Waals surface area contributed by atoms with Crippen molar-refractivity contribution < 1.29 is 4.79 Å². The third-order valence-corrected chi connectivity index (χ3v) is 6.19. The highest BCUT2D eigenvalue weighted by atomic mass is 32.1. The van der Waals surface area contributed by atoms with Crippen molar-refractivity contribution in [3.63, 3.8) is 0 Å². The lowest BCUT2D eigenvalue weighted by molar-refractivity contribution is -0.118. The molecule has 7 heteroatoms. The SMILES string of the molecule is Cc1sc2nc(CNCc3c(C)n(CC(N)=O)c4ccccc34)cn2c1C. The number of thiazole rings is 1. The molecule has 0 unspecified atom stereocenters. The number of aromatic nitrogens is 3. The number of hydrogen-bond donors (Lipinski definition) is 2. The molecule has 0 saturated carbocycles. The standard InChI is InChI=1S/C20H23N5OS/c1-12-14(3)27-20-23-15(10-25(12)20)8-22-9-17-13(2)24(11-19(21)26)18-7-5-4-6-16(17)18/h4-7,10,22H,8-9,11H2,1-3H3,(H2,21,26). The predicted molar refractivity (Wildman–Crippen MR) is 109 cm³/mol. The summed E-state index contributed by atoms with van der Waals surface area (Å²) >= 11 is 1.72. The van der Waals surface area contributed by atoms with E-state index < -0.39 is 0 Å². The van der Waals surface area contributed by atoms with Crippen molar-refractivity contribution in [3.8, 4) is 0 Å². The number of carbonyl (C=O) groups excluding carboxylic acids is 1. The lowest BCUT2D eigenvalue weighted by Crippen LogP contribution is -2.19. The number of hydrogen-bond acceptors (Lipinski definition) is 4. The largest absolute Gasteiger partial charge is 0.368 e. The number of amides is 1. The molecule has 3 aromatic heterocycles. The fourth-order valence-corrected chi connectivity index (χ4v) is 4.56. The molecular weight excluding hydrogens is 358 g/mol. The van der Waals surface area contributed by atoms with Gasteiger partial charge in [-0.1, -0.05) is 18.2 Å². The van der Waals surface area contributed by atoms with Gasteiger partial charge in [0.1, 0.15) is 6.54 Å². The minimum absolute atomic E-state index is 0.197. The Morgan fingerprint density at radius 3 is 2.70 bits per heavy atom. The Bertz CT molecular complexity index is 1150. The number of imidazole rings is 1. The van der Waals surface area contributed by atoms with E-state index in [0.717, 1.165) is 27.3 Å². The fraction of sp³-hybridized carbons (Fsp3) is 0.300. The molecule has 0 fully saturated rings. The zero-order valence-corrected chi connectivity index (χ0v) is 16.6. The van der Waals surface area contributed by atoms with Crippen molar-refractivity contribution in [1.82, 2.24) is 19.3 Å². The molecule has 0 aliphatic heterocycles. The molecule has 3 N–H and O–H groups in total. The van der Waals surface area contributed by atoms with Crippen molar-refractivity contribution in [1.29, 1.82) is 0 Å². The van der Waals surface area contributed by atoms with Crippen molar-refractivity contribution in [3.05, 3.63) is 58.0 Å². The van der Waals surface area contributed by atoms with Crippen LogP contribution in [0.4, 0.5) is 0 Å². The number of benzene rings is 1. The van der Waals surface area contributed by atoms with Gasteiger partial charge in [0.25, 0.3) is 0 Å². The first-order valence-corrected chi connectivity index (χ1v) is 9.77. The molecule has 1 amide bonds. The van der Waals surface area contributed by atoms with Crippen LogP contribution >= 0.6 is 11.3 Å². The maximum Gasteiger partial charge on any atom is 0.237 e. The molecule has 0 bridgehead atoms. The van der Waals surface area contributed by atoms with Crippen LogP contribution in [-0.2, 0) is 24.4 Å². The summed E-state index contributed by atoms with van der Waals surface area (Å²) in [7, 11) is 0. The van der Waals surface area contributed by atoms with Crippen LogP contribution in [-0.4, -0.2) is 19.9 Å².